The maximum Gasteiger partial charge on any atom is 0.0715 e. The molecule has 0 spiro atoms. The molecule has 0 saturated carbocycles. The highest BCUT2D eigenvalue weighted by atomic mass is 14.7. The highest BCUT2D eigenvalue weighted by molar-refractivity contribution is 5.72. The lowest BCUT2D eigenvalue weighted by molar-refractivity contribution is 1.46. The first-order valence-electron chi connectivity index (χ1n) is 3.26. The van der Waals surface area contributed by atoms with Crippen LogP contribution < -0.4 is 5.73 Å². The zero-order valence-corrected chi connectivity index (χ0v) is 6.25. The monoisotopic (exact) mass is 146 g/mol. The third-order valence-electron chi connectivity index (χ3n) is 1.42. The minimum Gasteiger partial charge on any atom is -0.399 e. The highest BCUT2D eigenvalue weighted by Crippen LogP contribution is 2.21. The molecule has 0 aliphatic rings. The first kappa shape index (κ1) is 7.54. The standard InChI is InChI=1S/C9H10N2/c1-7(10)8-5-3-4-6-9(8)11-2/h3-6H,1-2,10H2. The van der Waals surface area contributed by atoms with Crippen LogP contribution in [-0.4, -0.2) is 6.72 Å². The summed E-state index contributed by atoms with van der Waals surface area (Å²) in [6, 6.07) is 7.49. The fraction of sp³-hybridized carbons (Fsp3) is 0. The third-order valence-corrected chi connectivity index (χ3v) is 1.42. The van der Waals surface area contributed by atoms with Crippen LogP contribution in [-0.2, 0) is 0 Å². The van der Waals surface area contributed by atoms with Gasteiger partial charge in [0.25, 0.3) is 0 Å². The van der Waals surface area contributed by atoms with Crippen molar-refractivity contribution in [3.63, 3.8) is 0 Å². The largest absolute Gasteiger partial charge is 0.399 e. The number of hydrogen-bond donors (Lipinski definition) is 1. The van der Waals surface area contributed by atoms with E-state index < -0.39 is 0 Å². The van der Waals surface area contributed by atoms with Crippen molar-refractivity contribution in [1.29, 1.82) is 0 Å². The van der Waals surface area contributed by atoms with E-state index in [1.807, 2.05) is 24.3 Å². The van der Waals surface area contributed by atoms with Crippen LogP contribution in [0, 0.1) is 0 Å². The van der Waals surface area contributed by atoms with Gasteiger partial charge in [-0.15, -0.1) is 0 Å². The average molecular weight is 146 g/mol. The molecule has 1 aromatic rings. The second-order valence-corrected chi connectivity index (χ2v) is 2.20. The molecular formula is C9H10N2. The molecule has 0 atom stereocenters. The van der Waals surface area contributed by atoms with Crippen LogP contribution in [0.4, 0.5) is 5.69 Å². The number of hydrogen-bond acceptors (Lipinski definition) is 2. The molecule has 2 nitrogen and oxygen atoms in total. The lowest BCUT2D eigenvalue weighted by Gasteiger charge is -2.02. The summed E-state index contributed by atoms with van der Waals surface area (Å²) in [4.78, 5) is 3.80. The normalized spacial score (nSPS) is 9.09. The van der Waals surface area contributed by atoms with Gasteiger partial charge in [-0.05, 0) is 12.8 Å². The van der Waals surface area contributed by atoms with Crippen LogP contribution >= 0.6 is 0 Å². The summed E-state index contributed by atoms with van der Waals surface area (Å²) in [7, 11) is 0. The van der Waals surface area contributed by atoms with Gasteiger partial charge in [0.2, 0.25) is 0 Å². The fourth-order valence-corrected chi connectivity index (χ4v) is 0.883. The summed E-state index contributed by atoms with van der Waals surface area (Å²) < 4.78 is 0. The molecule has 0 bridgehead atoms. The van der Waals surface area contributed by atoms with E-state index in [1.54, 1.807) is 0 Å². The Balaban J connectivity index is 3.22. The molecule has 56 valence electrons. The quantitative estimate of drug-likeness (QED) is 0.636. The van der Waals surface area contributed by atoms with Crippen LogP contribution in [0.3, 0.4) is 0 Å². The van der Waals surface area contributed by atoms with E-state index >= 15 is 0 Å². The smallest absolute Gasteiger partial charge is 0.0715 e. The molecule has 0 fully saturated rings. The van der Waals surface area contributed by atoms with Gasteiger partial charge in [-0.3, -0.25) is 4.99 Å². The molecule has 0 aliphatic carbocycles. The predicted octanol–water partition coefficient (Wildman–Crippen LogP) is 1.95. The number of nitrogens with zero attached hydrogens (tertiary/aromatic N) is 1. The summed E-state index contributed by atoms with van der Waals surface area (Å²) in [5.74, 6) is 0. The number of nitrogens with two attached hydrogens (primary N) is 1. The van der Waals surface area contributed by atoms with Gasteiger partial charge in [0.1, 0.15) is 0 Å². The summed E-state index contributed by atoms with van der Waals surface area (Å²) in [6.07, 6.45) is 0. The van der Waals surface area contributed by atoms with E-state index in [2.05, 4.69) is 18.3 Å². The Morgan fingerprint density at radius 1 is 1.36 bits per heavy atom. The number of aliphatic imine (C=N–C) groups is 1. The van der Waals surface area contributed by atoms with Crippen molar-refractivity contribution in [1.82, 2.24) is 0 Å². The van der Waals surface area contributed by atoms with Crippen molar-refractivity contribution in [3.05, 3.63) is 36.4 Å². The van der Waals surface area contributed by atoms with E-state index in [-0.39, 0.29) is 0 Å². The Bertz CT molecular complexity index is 289. The van der Waals surface area contributed by atoms with Gasteiger partial charge >= 0.3 is 0 Å². The lowest BCUT2D eigenvalue weighted by atomic mass is 10.1. The molecule has 0 saturated heterocycles. The first-order valence-corrected chi connectivity index (χ1v) is 3.26. The van der Waals surface area contributed by atoms with Crippen LogP contribution in [0.15, 0.2) is 35.8 Å². The van der Waals surface area contributed by atoms with Crippen LogP contribution in [0.2, 0.25) is 0 Å². The topological polar surface area (TPSA) is 38.4 Å². The van der Waals surface area contributed by atoms with Gasteiger partial charge in [0.15, 0.2) is 0 Å². The highest BCUT2D eigenvalue weighted by Gasteiger charge is 1.98. The Morgan fingerprint density at radius 3 is 2.45 bits per heavy atom. The second-order valence-electron chi connectivity index (χ2n) is 2.20. The maximum atomic E-state index is 5.51. The lowest BCUT2D eigenvalue weighted by Crippen LogP contribution is -1.93. The fourth-order valence-electron chi connectivity index (χ4n) is 0.883. The Hall–Kier alpha value is -1.57. The average Bonchev–Trinajstić information content (AvgIpc) is 2.04. The Labute approximate surface area is 66.1 Å². The molecule has 0 heterocycles. The molecule has 1 rings (SSSR count). The first-order chi connectivity index (χ1) is 5.25. The second kappa shape index (κ2) is 3.01. The van der Waals surface area contributed by atoms with E-state index in [1.165, 1.54) is 0 Å². The molecule has 0 unspecified atom stereocenters. The third kappa shape index (κ3) is 1.46. The minimum absolute atomic E-state index is 0.521. The SMILES string of the molecule is C=Nc1ccccc1C(=C)N. The molecule has 0 amide bonds. The zero-order valence-electron chi connectivity index (χ0n) is 6.25. The molecule has 1 aromatic carbocycles. The minimum atomic E-state index is 0.521. The molecule has 2 heteroatoms. The van der Waals surface area contributed by atoms with Crippen LogP contribution in [0.1, 0.15) is 5.56 Å². The number of benzene rings is 1. The van der Waals surface area contributed by atoms with Crippen molar-refractivity contribution in [2.24, 2.45) is 10.7 Å². The maximum absolute atomic E-state index is 5.51. The molecule has 0 aromatic heterocycles. The summed E-state index contributed by atoms with van der Waals surface area (Å²) in [6.45, 7) is 7.05. The number of para-hydroxylation sites is 1. The molecule has 11 heavy (non-hydrogen) atoms. The van der Waals surface area contributed by atoms with Gasteiger partial charge in [0, 0.05) is 11.3 Å². The van der Waals surface area contributed by atoms with Gasteiger partial charge in [0.05, 0.1) is 5.69 Å². The van der Waals surface area contributed by atoms with E-state index in [4.69, 9.17) is 5.73 Å². The van der Waals surface area contributed by atoms with E-state index in [0.29, 0.717) is 5.70 Å². The predicted molar refractivity (Wildman–Crippen MR) is 48.9 cm³/mol. The summed E-state index contributed by atoms with van der Waals surface area (Å²) >= 11 is 0. The molecule has 0 radical (unpaired) electrons. The van der Waals surface area contributed by atoms with Gasteiger partial charge in [-0.1, -0.05) is 24.8 Å². The van der Waals surface area contributed by atoms with Gasteiger partial charge < -0.3 is 5.73 Å². The Kier molecular flexibility index (Phi) is 2.06. The van der Waals surface area contributed by atoms with Crippen molar-refractivity contribution in [2.75, 3.05) is 0 Å². The van der Waals surface area contributed by atoms with E-state index in [9.17, 15) is 0 Å². The Morgan fingerprint density at radius 2 is 2.00 bits per heavy atom. The van der Waals surface area contributed by atoms with Crippen molar-refractivity contribution in [2.45, 2.75) is 0 Å². The summed E-state index contributed by atoms with van der Waals surface area (Å²) in [5.41, 5.74) is 7.66. The van der Waals surface area contributed by atoms with Crippen molar-refractivity contribution in [3.8, 4) is 0 Å². The molecule has 2 N–H and O–H groups in total. The van der Waals surface area contributed by atoms with Crippen molar-refractivity contribution >= 4 is 18.1 Å². The molecular weight excluding hydrogens is 136 g/mol. The van der Waals surface area contributed by atoms with E-state index in [0.717, 1.165) is 11.3 Å². The number of rotatable bonds is 2. The zero-order chi connectivity index (χ0) is 8.27. The van der Waals surface area contributed by atoms with Gasteiger partial charge in [-0.25, -0.2) is 0 Å². The van der Waals surface area contributed by atoms with Crippen LogP contribution in [0.5, 0.6) is 0 Å². The molecule has 0 aliphatic heterocycles. The van der Waals surface area contributed by atoms with Crippen LogP contribution in [0.25, 0.3) is 5.70 Å². The summed E-state index contributed by atoms with van der Waals surface area (Å²) in [5, 5.41) is 0. The van der Waals surface area contributed by atoms with Crippen molar-refractivity contribution < 1.29 is 0 Å². The van der Waals surface area contributed by atoms with Gasteiger partial charge in [-0.2, -0.15) is 0 Å².